The molecule has 0 saturated heterocycles. The molecule has 5 aromatic rings. The van der Waals surface area contributed by atoms with Crippen LogP contribution in [0.15, 0.2) is 59.4 Å². The molecular formula is C20H16N6O. The molecule has 0 bridgehead atoms. The summed E-state index contributed by atoms with van der Waals surface area (Å²) < 4.78 is 1.51. The fourth-order valence-electron chi connectivity index (χ4n) is 3.35. The first kappa shape index (κ1) is 15.5. The summed E-state index contributed by atoms with van der Waals surface area (Å²) in [5.41, 5.74) is 6.61. The summed E-state index contributed by atoms with van der Waals surface area (Å²) in [6.07, 6.45) is 0.706. The molecular weight excluding hydrogens is 340 g/mol. The number of H-pyrrole nitrogens is 2. The summed E-state index contributed by atoms with van der Waals surface area (Å²) in [4.78, 5) is 17.4. The SMILES string of the molecule is Cc1[nH]n2c(=O)cc(-c3ccc4n[nH]nc4c3)nc2c1Cc1ccccc1. The number of nitrogens with zero attached hydrogens (tertiary/aromatic N) is 4. The Morgan fingerprint density at radius 3 is 2.67 bits per heavy atom. The van der Waals surface area contributed by atoms with Gasteiger partial charge in [-0.3, -0.25) is 9.89 Å². The molecule has 0 radical (unpaired) electrons. The van der Waals surface area contributed by atoms with Crippen molar-refractivity contribution >= 4 is 16.7 Å². The van der Waals surface area contributed by atoms with Crippen molar-refractivity contribution in [2.75, 3.05) is 0 Å². The van der Waals surface area contributed by atoms with Gasteiger partial charge in [0.05, 0.1) is 5.69 Å². The maximum Gasteiger partial charge on any atom is 0.273 e. The minimum atomic E-state index is -0.141. The number of hydrogen-bond donors (Lipinski definition) is 2. The highest BCUT2D eigenvalue weighted by Gasteiger charge is 2.14. The van der Waals surface area contributed by atoms with Gasteiger partial charge in [-0.2, -0.15) is 15.4 Å². The third-order valence-corrected chi connectivity index (χ3v) is 4.76. The number of benzene rings is 2. The van der Waals surface area contributed by atoms with Gasteiger partial charge in [0.15, 0.2) is 5.65 Å². The largest absolute Gasteiger partial charge is 0.294 e. The molecule has 7 heteroatoms. The van der Waals surface area contributed by atoms with E-state index >= 15 is 0 Å². The highest BCUT2D eigenvalue weighted by molar-refractivity contribution is 5.80. The van der Waals surface area contributed by atoms with Crippen molar-refractivity contribution in [1.82, 2.24) is 30.0 Å². The van der Waals surface area contributed by atoms with Crippen molar-refractivity contribution < 1.29 is 0 Å². The molecule has 0 aliphatic heterocycles. The number of nitrogens with one attached hydrogen (secondary N) is 2. The third-order valence-electron chi connectivity index (χ3n) is 4.76. The molecule has 0 unspecified atom stereocenters. The van der Waals surface area contributed by atoms with Crippen molar-refractivity contribution in [3.8, 4) is 11.3 Å². The van der Waals surface area contributed by atoms with Crippen LogP contribution in [0.25, 0.3) is 27.9 Å². The lowest BCUT2D eigenvalue weighted by Crippen LogP contribution is -2.14. The average molecular weight is 356 g/mol. The number of aromatic nitrogens is 6. The van der Waals surface area contributed by atoms with Gasteiger partial charge < -0.3 is 0 Å². The summed E-state index contributed by atoms with van der Waals surface area (Å²) in [5, 5.41) is 13.9. The lowest BCUT2D eigenvalue weighted by molar-refractivity contribution is 0.882. The Bertz CT molecular complexity index is 1330. The monoisotopic (exact) mass is 356 g/mol. The molecule has 2 aromatic carbocycles. The fourth-order valence-corrected chi connectivity index (χ4v) is 3.35. The van der Waals surface area contributed by atoms with Gasteiger partial charge >= 0.3 is 0 Å². The molecule has 0 saturated carbocycles. The van der Waals surface area contributed by atoms with E-state index < -0.39 is 0 Å². The Hall–Kier alpha value is -3.74. The molecule has 0 atom stereocenters. The zero-order valence-electron chi connectivity index (χ0n) is 14.6. The van der Waals surface area contributed by atoms with Gasteiger partial charge in [-0.05, 0) is 24.6 Å². The summed E-state index contributed by atoms with van der Waals surface area (Å²) in [6.45, 7) is 1.97. The van der Waals surface area contributed by atoms with Crippen molar-refractivity contribution in [1.29, 1.82) is 0 Å². The molecule has 27 heavy (non-hydrogen) atoms. The van der Waals surface area contributed by atoms with Gasteiger partial charge in [0.2, 0.25) is 0 Å². The predicted molar refractivity (Wildman–Crippen MR) is 103 cm³/mol. The van der Waals surface area contributed by atoms with Crippen LogP contribution in [0, 0.1) is 6.92 Å². The first-order chi connectivity index (χ1) is 13.2. The minimum Gasteiger partial charge on any atom is -0.294 e. The van der Waals surface area contributed by atoms with Gasteiger partial charge in [0.1, 0.15) is 11.0 Å². The summed E-state index contributed by atoms with van der Waals surface area (Å²) in [7, 11) is 0. The molecule has 0 amide bonds. The predicted octanol–water partition coefficient (Wildman–Crippen LogP) is 2.86. The quantitative estimate of drug-likeness (QED) is 0.520. The van der Waals surface area contributed by atoms with Gasteiger partial charge in [-0.25, -0.2) is 9.50 Å². The summed E-state index contributed by atoms with van der Waals surface area (Å²) in [6, 6.07) is 17.4. The highest BCUT2D eigenvalue weighted by Crippen LogP contribution is 2.23. The number of rotatable bonds is 3. The molecule has 2 N–H and O–H groups in total. The van der Waals surface area contributed by atoms with E-state index in [4.69, 9.17) is 4.98 Å². The van der Waals surface area contributed by atoms with E-state index in [1.807, 2.05) is 43.3 Å². The van der Waals surface area contributed by atoms with Gasteiger partial charge in [0, 0.05) is 29.3 Å². The standard InChI is InChI=1S/C20H16N6O/c1-12-15(9-13-5-3-2-4-6-13)20-21-17(11-19(27)26(20)24-12)14-7-8-16-18(10-14)23-25-22-16/h2-8,10-11,24H,9H2,1H3,(H,22,23,25). The van der Waals surface area contributed by atoms with Crippen molar-refractivity contribution in [3.05, 3.63) is 81.8 Å². The summed E-state index contributed by atoms with van der Waals surface area (Å²) in [5.74, 6) is 0. The van der Waals surface area contributed by atoms with Crippen LogP contribution < -0.4 is 5.56 Å². The second-order valence-electron chi connectivity index (χ2n) is 6.54. The molecule has 7 nitrogen and oxygen atoms in total. The molecule has 5 rings (SSSR count). The Morgan fingerprint density at radius 2 is 1.81 bits per heavy atom. The Morgan fingerprint density at radius 1 is 1.00 bits per heavy atom. The second kappa shape index (κ2) is 5.91. The Balaban J connectivity index is 1.68. The second-order valence-corrected chi connectivity index (χ2v) is 6.54. The number of aryl methyl sites for hydroxylation is 1. The van der Waals surface area contributed by atoms with Crippen molar-refractivity contribution in [3.63, 3.8) is 0 Å². The van der Waals surface area contributed by atoms with Crippen molar-refractivity contribution in [2.45, 2.75) is 13.3 Å². The van der Waals surface area contributed by atoms with Gasteiger partial charge in [-0.15, -0.1) is 0 Å². The topological polar surface area (TPSA) is 91.7 Å². The Kier molecular flexibility index (Phi) is 3.39. The zero-order valence-corrected chi connectivity index (χ0v) is 14.6. The van der Waals surface area contributed by atoms with Crippen LogP contribution in [0.3, 0.4) is 0 Å². The van der Waals surface area contributed by atoms with E-state index in [1.54, 1.807) is 0 Å². The first-order valence-electron chi connectivity index (χ1n) is 8.65. The van der Waals surface area contributed by atoms with Crippen LogP contribution in [0.2, 0.25) is 0 Å². The molecule has 0 fully saturated rings. The third kappa shape index (κ3) is 2.60. The number of hydrogen-bond acceptors (Lipinski definition) is 4. The van der Waals surface area contributed by atoms with Crippen LogP contribution >= 0.6 is 0 Å². The molecule has 0 aliphatic rings. The maximum absolute atomic E-state index is 12.7. The maximum atomic E-state index is 12.7. The van der Waals surface area contributed by atoms with Crippen LogP contribution in [0.1, 0.15) is 16.8 Å². The molecule has 3 aromatic heterocycles. The smallest absolute Gasteiger partial charge is 0.273 e. The van der Waals surface area contributed by atoms with Gasteiger partial charge in [0.25, 0.3) is 5.56 Å². The van der Waals surface area contributed by atoms with Crippen LogP contribution in [0.5, 0.6) is 0 Å². The van der Waals surface area contributed by atoms with E-state index in [0.717, 1.165) is 27.9 Å². The highest BCUT2D eigenvalue weighted by atomic mass is 16.1. The zero-order chi connectivity index (χ0) is 18.4. The lowest BCUT2D eigenvalue weighted by Gasteiger charge is -2.04. The fraction of sp³-hybridized carbons (Fsp3) is 0.100. The van der Waals surface area contributed by atoms with E-state index in [0.29, 0.717) is 17.8 Å². The minimum absolute atomic E-state index is 0.141. The van der Waals surface area contributed by atoms with Crippen LogP contribution in [-0.2, 0) is 6.42 Å². The van der Waals surface area contributed by atoms with E-state index in [2.05, 4.69) is 32.6 Å². The molecule has 0 spiro atoms. The van der Waals surface area contributed by atoms with E-state index in [1.165, 1.54) is 16.1 Å². The van der Waals surface area contributed by atoms with Crippen LogP contribution in [0.4, 0.5) is 0 Å². The van der Waals surface area contributed by atoms with Gasteiger partial charge in [-0.1, -0.05) is 36.4 Å². The summed E-state index contributed by atoms with van der Waals surface area (Å²) >= 11 is 0. The normalized spacial score (nSPS) is 11.4. The molecule has 3 heterocycles. The number of fused-ring (bicyclic) bond motifs is 2. The average Bonchev–Trinajstić information content (AvgIpc) is 3.27. The van der Waals surface area contributed by atoms with E-state index in [-0.39, 0.29) is 5.56 Å². The number of aromatic amines is 2. The van der Waals surface area contributed by atoms with Crippen molar-refractivity contribution in [2.24, 2.45) is 0 Å². The lowest BCUT2D eigenvalue weighted by atomic mass is 10.1. The van der Waals surface area contributed by atoms with Crippen LogP contribution in [-0.4, -0.2) is 30.0 Å². The Labute approximate surface area is 153 Å². The molecule has 132 valence electrons. The molecule has 0 aliphatic carbocycles. The van der Waals surface area contributed by atoms with E-state index in [9.17, 15) is 4.79 Å². The first-order valence-corrected chi connectivity index (χ1v) is 8.65.